The first-order chi connectivity index (χ1) is 13.5. The van der Waals surface area contributed by atoms with Crippen LogP contribution in [0.4, 0.5) is 0 Å². The summed E-state index contributed by atoms with van der Waals surface area (Å²) in [6.07, 6.45) is 3.76. The van der Waals surface area contributed by atoms with Crippen molar-refractivity contribution in [1.82, 2.24) is 4.90 Å². The third-order valence-electron chi connectivity index (χ3n) is 5.40. The SMILES string of the molecule is CC(C)CCC(N1CCCC1CSc1ccccc1)S(=O)(=O)c1ccccc1.Cl. The number of nitrogens with zero attached hydrogens (tertiary/aromatic N) is 1. The minimum absolute atomic E-state index is 0. The zero-order valence-electron chi connectivity index (χ0n) is 17.2. The van der Waals surface area contributed by atoms with Crippen molar-refractivity contribution in [3.63, 3.8) is 0 Å². The van der Waals surface area contributed by atoms with E-state index in [-0.39, 0.29) is 12.4 Å². The van der Waals surface area contributed by atoms with Gasteiger partial charge in [0.15, 0.2) is 9.84 Å². The van der Waals surface area contributed by atoms with Crippen LogP contribution in [0.25, 0.3) is 0 Å². The lowest BCUT2D eigenvalue weighted by molar-refractivity contribution is 0.228. The van der Waals surface area contributed by atoms with Gasteiger partial charge in [-0.05, 0) is 62.4 Å². The molecule has 3 rings (SSSR count). The predicted molar refractivity (Wildman–Crippen MR) is 126 cm³/mol. The van der Waals surface area contributed by atoms with Crippen LogP contribution in [0.5, 0.6) is 0 Å². The van der Waals surface area contributed by atoms with Gasteiger partial charge in [0.2, 0.25) is 0 Å². The number of hydrogen-bond donors (Lipinski definition) is 0. The average molecular weight is 454 g/mol. The van der Waals surface area contributed by atoms with Crippen LogP contribution >= 0.6 is 24.2 Å². The quantitative estimate of drug-likeness (QED) is 0.443. The maximum Gasteiger partial charge on any atom is 0.194 e. The number of rotatable bonds is 9. The van der Waals surface area contributed by atoms with Crippen LogP contribution < -0.4 is 0 Å². The predicted octanol–water partition coefficient (Wildman–Crippen LogP) is 5.90. The standard InChI is InChI=1S/C23H31NO2S2.ClH/c1-19(2)15-16-23(28(25,26)22-13-7-4-8-14-22)24-17-9-10-20(24)18-27-21-11-5-3-6-12-21;/h3-8,11-14,19-20,23H,9-10,15-18H2,1-2H3;1H. The Morgan fingerprint density at radius 3 is 2.24 bits per heavy atom. The van der Waals surface area contributed by atoms with E-state index in [9.17, 15) is 8.42 Å². The van der Waals surface area contributed by atoms with E-state index in [1.807, 2.05) is 36.0 Å². The van der Waals surface area contributed by atoms with E-state index in [1.165, 1.54) is 4.90 Å². The summed E-state index contributed by atoms with van der Waals surface area (Å²) in [4.78, 5) is 3.98. The van der Waals surface area contributed by atoms with Gasteiger partial charge in [-0.2, -0.15) is 0 Å². The molecule has 0 amide bonds. The summed E-state index contributed by atoms with van der Waals surface area (Å²) in [5.74, 6) is 1.43. The molecule has 3 nitrogen and oxygen atoms in total. The van der Waals surface area contributed by atoms with Crippen LogP contribution in [0.1, 0.15) is 39.5 Å². The van der Waals surface area contributed by atoms with Gasteiger partial charge in [0.25, 0.3) is 0 Å². The summed E-state index contributed by atoms with van der Waals surface area (Å²) in [6, 6.07) is 19.7. The molecule has 0 aliphatic carbocycles. The van der Waals surface area contributed by atoms with E-state index in [0.29, 0.717) is 23.3 Å². The molecular weight excluding hydrogens is 422 g/mol. The first-order valence-corrected chi connectivity index (χ1v) is 12.7. The minimum Gasteiger partial charge on any atom is -0.283 e. The van der Waals surface area contributed by atoms with Crippen molar-refractivity contribution in [3.05, 3.63) is 60.7 Å². The molecule has 1 aliphatic rings. The molecule has 2 atom stereocenters. The van der Waals surface area contributed by atoms with Crippen LogP contribution in [0.3, 0.4) is 0 Å². The van der Waals surface area contributed by atoms with Crippen molar-refractivity contribution in [2.45, 2.75) is 60.7 Å². The number of likely N-dealkylation sites (tertiary alicyclic amines) is 1. The van der Waals surface area contributed by atoms with Crippen LogP contribution in [0.2, 0.25) is 0 Å². The lowest BCUT2D eigenvalue weighted by Crippen LogP contribution is -2.45. The second kappa shape index (κ2) is 11.4. The molecule has 1 heterocycles. The molecule has 0 N–H and O–H groups in total. The Balaban J connectivity index is 0.00000300. The van der Waals surface area contributed by atoms with Gasteiger partial charge in [-0.1, -0.05) is 50.2 Å². The third kappa shape index (κ3) is 6.48. The maximum absolute atomic E-state index is 13.5. The van der Waals surface area contributed by atoms with E-state index in [4.69, 9.17) is 0 Å². The molecule has 1 saturated heterocycles. The van der Waals surface area contributed by atoms with E-state index >= 15 is 0 Å². The Kier molecular flexibility index (Phi) is 9.54. The zero-order valence-corrected chi connectivity index (χ0v) is 19.7. The topological polar surface area (TPSA) is 37.4 Å². The molecular formula is C23H32ClNO2S2. The highest BCUT2D eigenvalue weighted by atomic mass is 35.5. The average Bonchev–Trinajstić information content (AvgIpc) is 3.16. The molecule has 1 aliphatic heterocycles. The second-order valence-electron chi connectivity index (χ2n) is 7.94. The fraction of sp³-hybridized carbons (Fsp3) is 0.478. The van der Waals surface area contributed by atoms with E-state index < -0.39 is 15.2 Å². The van der Waals surface area contributed by atoms with Crippen LogP contribution in [0.15, 0.2) is 70.5 Å². The van der Waals surface area contributed by atoms with Gasteiger partial charge >= 0.3 is 0 Å². The first-order valence-electron chi connectivity index (χ1n) is 10.2. The highest BCUT2D eigenvalue weighted by molar-refractivity contribution is 7.99. The summed E-state index contributed by atoms with van der Waals surface area (Å²) >= 11 is 1.83. The van der Waals surface area contributed by atoms with Gasteiger partial charge in [-0.15, -0.1) is 24.2 Å². The molecule has 2 aromatic rings. The monoisotopic (exact) mass is 453 g/mol. The number of halogens is 1. The molecule has 2 unspecified atom stereocenters. The molecule has 0 saturated carbocycles. The molecule has 29 heavy (non-hydrogen) atoms. The lowest BCUT2D eigenvalue weighted by atomic mass is 10.1. The highest BCUT2D eigenvalue weighted by Gasteiger charge is 2.38. The Morgan fingerprint density at radius 2 is 1.62 bits per heavy atom. The van der Waals surface area contributed by atoms with E-state index in [2.05, 4.69) is 43.0 Å². The third-order valence-corrected chi connectivity index (χ3v) is 8.71. The largest absolute Gasteiger partial charge is 0.283 e. The summed E-state index contributed by atoms with van der Waals surface area (Å²) in [6.45, 7) is 5.20. The fourth-order valence-corrected chi connectivity index (χ4v) is 6.89. The number of benzene rings is 2. The van der Waals surface area contributed by atoms with E-state index in [1.54, 1.807) is 12.1 Å². The summed E-state index contributed by atoms with van der Waals surface area (Å²) in [5, 5.41) is -0.429. The smallest absolute Gasteiger partial charge is 0.194 e. The van der Waals surface area contributed by atoms with Gasteiger partial charge < -0.3 is 0 Å². The Labute approximate surface area is 186 Å². The molecule has 6 heteroatoms. The summed E-state index contributed by atoms with van der Waals surface area (Å²) in [5.41, 5.74) is 0. The highest BCUT2D eigenvalue weighted by Crippen LogP contribution is 2.33. The summed E-state index contributed by atoms with van der Waals surface area (Å²) in [7, 11) is -3.38. The number of hydrogen-bond acceptors (Lipinski definition) is 4. The van der Waals surface area contributed by atoms with E-state index in [0.717, 1.165) is 31.6 Å². The van der Waals surface area contributed by atoms with Crippen molar-refractivity contribution in [2.75, 3.05) is 12.3 Å². The van der Waals surface area contributed by atoms with Gasteiger partial charge in [0.05, 0.1) is 4.90 Å². The molecule has 1 fully saturated rings. The van der Waals surface area contributed by atoms with Gasteiger partial charge in [0, 0.05) is 16.7 Å². The molecule has 0 radical (unpaired) electrons. The van der Waals surface area contributed by atoms with Crippen LogP contribution in [0, 0.1) is 5.92 Å². The Hall–Kier alpha value is -1.01. The molecule has 0 aromatic heterocycles. The molecule has 160 valence electrons. The fourth-order valence-electron chi connectivity index (χ4n) is 3.87. The number of sulfone groups is 1. The van der Waals surface area contributed by atoms with Crippen molar-refractivity contribution in [1.29, 1.82) is 0 Å². The number of thioether (sulfide) groups is 1. The van der Waals surface area contributed by atoms with Crippen LogP contribution in [-0.2, 0) is 9.84 Å². The molecule has 2 aromatic carbocycles. The second-order valence-corrected chi connectivity index (χ2v) is 11.1. The first kappa shape index (κ1) is 24.3. The van der Waals surface area contributed by atoms with Gasteiger partial charge in [0.1, 0.15) is 5.37 Å². The van der Waals surface area contributed by atoms with Gasteiger partial charge in [-0.25, -0.2) is 8.42 Å². The maximum atomic E-state index is 13.5. The zero-order chi connectivity index (χ0) is 20.0. The summed E-state index contributed by atoms with van der Waals surface area (Å²) < 4.78 is 27.0. The van der Waals surface area contributed by atoms with Gasteiger partial charge in [-0.3, -0.25) is 4.90 Å². The van der Waals surface area contributed by atoms with Crippen LogP contribution in [-0.4, -0.2) is 37.0 Å². The molecule has 0 bridgehead atoms. The normalized spacial score (nSPS) is 18.5. The Bertz CT molecular complexity index is 828. The molecule has 0 spiro atoms. The lowest BCUT2D eigenvalue weighted by Gasteiger charge is -2.33. The van der Waals surface area contributed by atoms with Crippen molar-refractivity contribution in [2.24, 2.45) is 5.92 Å². The Morgan fingerprint density at radius 1 is 1.00 bits per heavy atom. The van der Waals surface area contributed by atoms with Crippen molar-refractivity contribution < 1.29 is 8.42 Å². The minimum atomic E-state index is -3.38. The van der Waals surface area contributed by atoms with Crippen molar-refractivity contribution in [3.8, 4) is 0 Å². The van der Waals surface area contributed by atoms with Crippen molar-refractivity contribution >= 4 is 34.0 Å².